The smallest absolute Gasteiger partial charge is 0.157 e. The molecule has 1 N–H and O–H groups in total. The number of aromatic nitrogens is 1. The molecule has 2 heterocycles. The van der Waals surface area contributed by atoms with Gasteiger partial charge in [0.1, 0.15) is 5.76 Å². The molecule has 1 aromatic rings. The molecule has 20 heavy (non-hydrogen) atoms. The van der Waals surface area contributed by atoms with Gasteiger partial charge in [-0.3, -0.25) is 4.99 Å². The van der Waals surface area contributed by atoms with Gasteiger partial charge in [-0.2, -0.15) is 0 Å². The zero-order valence-corrected chi connectivity index (χ0v) is 13.3. The third-order valence-corrected chi connectivity index (χ3v) is 5.88. The molecular weight excluding hydrogens is 270 g/mol. The fourth-order valence-electron chi connectivity index (χ4n) is 3.43. The molecule has 1 fully saturated rings. The molecule has 0 saturated heterocycles. The fourth-order valence-corrected chi connectivity index (χ4v) is 4.67. The summed E-state index contributed by atoms with van der Waals surface area (Å²) in [4.78, 5) is 4.79. The Labute approximate surface area is 124 Å². The predicted octanol–water partition coefficient (Wildman–Crippen LogP) is 3.61. The van der Waals surface area contributed by atoms with E-state index in [0.717, 1.165) is 28.7 Å². The number of aryl methyl sites for hydroxylation is 2. The first-order chi connectivity index (χ1) is 9.60. The molecule has 0 aromatic carbocycles. The van der Waals surface area contributed by atoms with Gasteiger partial charge in [-0.25, -0.2) is 0 Å². The lowest BCUT2D eigenvalue weighted by molar-refractivity contribution is 0.358. The molecule has 4 nitrogen and oxygen atoms in total. The van der Waals surface area contributed by atoms with Crippen molar-refractivity contribution in [1.82, 2.24) is 10.5 Å². The molecule has 0 radical (unpaired) electrons. The van der Waals surface area contributed by atoms with E-state index in [0.29, 0.717) is 5.41 Å². The van der Waals surface area contributed by atoms with Crippen LogP contribution in [0.2, 0.25) is 0 Å². The van der Waals surface area contributed by atoms with Crippen LogP contribution in [0.5, 0.6) is 0 Å². The van der Waals surface area contributed by atoms with E-state index < -0.39 is 0 Å². The minimum absolute atomic E-state index is 0.199. The topological polar surface area (TPSA) is 50.4 Å². The minimum Gasteiger partial charge on any atom is -0.361 e. The van der Waals surface area contributed by atoms with Crippen LogP contribution in [0.3, 0.4) is 0 Å². The van der Waals surface area contributed by atoms with Gasteiger partial charge in [0.25, 0.3) is 0 Å². The minimum atomic E-state index is 0.199. The second kappa shape index (κ2) is 5.43. The molecule has 1 aromatic heterocycles. The van der Waals surface area contributed by atoms with Crippen molar-refractivity contribution in [1.29, 1.82) is 0 Å². The van der Waals surface area contributed by atoms with Gasteiger partial charge in [0.2, 0.25) is 0 Å². The Morgan fingerprint density at radius 1 is 1.30 bits per heavy atom. The monoisotopic (exact) mass is 293 g/mol. The summed E-state index contributed by atoms with van der Waals surface area (Å²) in [6.45, 7) is 7.11. The van der Waals surface area contributed by atoms with Crippen LogP contribution in [-0.4, -0.2) is 22.6 Å². The summed E-state index contributed by atoms with van der Waals surface area (Å²) in [5.41, 5.74) is 2.63. The van der Waals surface area contributed by atoms with Crippen LogP contribution in [0.4, 0.5) is 0 Å². The van der Waals surface area contributed by atoms with Crippen molar-refractivity contribution in [3.8, 4) is 0 Å². The lowest BCUT2D eigenvalue weighted by atomic mass is 9.89. The normalized spacial score (nSPS) is 22.9. The largest absolute Gasteiger partial charge is 0.361 e. The van der Waals surface area contributed by atoms with E-state index in [2.05, 4.69) is 17.4 Å². The molecule has 1 unspecified atom stereocenters. The Morgan fingerprint density at radius 3 is 2.60 bits per heavy atom. The number of nitrogens with zero attached hydrogens (tertiary/aromatic N) is 2. The van der Waals surface area contributed by atoms with Crippen molar-refractivity contribution in [2.45, 2.75) is 52.5 Å². The number of hydrogen-bond donors (Lipinski definition) is 1. The number of nitrogens with one attached hydrogen (secondary N) is 1. The van der Waals surface area contributed by atoms with Crippen molar-refractivity contribution in [3.05, 3.63) is 17.0 Å². The number of aliphatic imine (C=N–C) groups is 1. The van der Waals surface area contributed by atoms with Crippen LogP contribution >= 0.6 is 11.8 Å². The molecule has 3 rings (SSSR count). The highest BCUT2D eigenvalue weighted by molar-refractivity contribution is 8.13. The summed E-state index contributed by atoms with van der Waals surface area (Å²) in [7, 11) is 0. The van der Waals surface area contributed by atoms with Crippen LogP contribution < -0.4 is 5.32 Å². The number of hydrogen-bond acceptors (Lipinski definition) is 5. The molecule has 1 aliphatic heterocycles. The molecule has 1 atom stereocenters. The zero-order chi connectivity index (χ0) is 14.2. The summed E-state index contributed by atoms with van der Waals surface area (Å²) in [6.07, 6.45) is 5.48. The maximum atomic E-state index is 5.25. The van der Waals surface area contributed by atoms with E-state index in [9.17, 15) is 0 Å². The molecule has 0 bridgehead atoms. The lowest BCUT2D eigenvalue weighted by Crippen LogP contribution is -2.34. The number of rotatable bonds is 2. The molecule has 1 aliphatic carbocycles. The van der Waals surface area contributed by atoms with Crippen molar-refractivity contribution < 1.29 is 4.52 Å². The second-order valence-corrected chi connectivity index (χ2v) is 7.19. The summed E-state index contributed by atoms with van der Waals surface area (Å²) >= 11 is 1.88. The van der Waals surface area contributed by atoms with Gasteiger partial charge in [-0.1, -0.05) is 29.8 Å². The molecule has 2 aliphatic rings. The van der Waals surface area contributed by atoms with Gasteiger partial charge in [0, 0.05) is 17.9 Å². The summed E-state index contributed by atoms with van der Waals surface area (Å²) in [5.74, 6) is 2.11. The maximum Gasteiger partial charge on any atom is 0.157 e. The van der Waals surface area contributed by atoms with Gasteiger partial charge in [-0.15, -0.1) is 0 Å². The van der Waals surface area contributed by atoms with E-state index >= 15 is 0 Å². The van der Waals surface area contributed by atoms with Gasteiger partial charge in [-0.05, 0) is 39.0 Å². The quantitative estimate of drug-likeness (QED) is 0.905. The predicted molar refractivity (Wildman–Crippen MR) is 83.2 cm³/mol. The maximum absolute atomic E-state index is 5.25. The molecule has 0 amide bonds. The highest BCUT2D eigenvalue weighted by Gasteiger charge is 2.36. The molecule has 1 saturated carbocycles. The first-order valence-corrected chi connectivity index (χ1v) is 8.45. The molecule has 1 spiro atoms. The van der Waals surface area contributed by atoms with Crippen molar-refractivity contribution in [2.75, 3.05) is 12.3 Å². The van der Waals surface area contributed by atoms with Gasteiger partial charge >= 0.3 is 0 Å². The van der Waals surface area contributed by atoms with Crippen LogP contribution in [0.25, 0.3) is 0 Å². The highest BCUT2D eigenvalue weighted by Crippen LogP contribution is 2.43. The van der Waals surface area contributed by atoms with Crippen molar-refractivity contribution >= 4 is 16.9 Å². The third kappa shape index (κ3) is 2.60. The summed E-state index contributed by atoms with van der Waals surface area (Å²) in [6, 6.07) is 0.199. The second-order valence-electron chi connectivity index (χ2n) is 6.22. The Morgan fingerprint density at radius 2 is 2.05 bits per heavy atom. The number of thioether (sulfide) groups is 1. The third-order valence-electron chi connectivity index (χ3n) is 4.60. The van der Waals surface area contributed by atoms with Gasteiger partial charge in [0.15, 0.2) is 5.17 Å². The number of amidine groups is 1. The SMILES string of the molecule is Cc1noc(C)c1C(C)NC1=NCC2(CCCC2)CS1. The molecule has 5 heteroatoms. The lowest BCUT2D eigenvalue weighted by Gasteiger charge is -2.31. The average Bonchev–Trinajstić information content (AvgIpc) is 3.01. The van der Waals surface area contributed by atoms with E-state index in [1.54, 1.807) is 0 Å². The Bertz CT molecular complexity index is 498. The van der Waals surface area contributed by atoms with E-state index in [-0.39, 0.29) is 6.04 Å². The average molecular weight is 293 g/mol. The Hall–Kier alpha value is -0.970. The summed E-state index contributed by atoms with van der Waals surface area (Å²) in [5, 5.41) is 8.63. The van der Waals surface area contributed by atoms with Crippen LogP contribution in [-0.2, 0) is 0 Å². The van der Waals surface area contributed by atoms with E-state index in [4.69, 9.17) is 9.52 Å². The fraction of sp³-hybridized carbons (Fsp3) is 0.733. The first kappa shape index (κ1) is 14.0. The molecule has 110 valence electrons. The first-order valence-electron chi connectivity index (χ1n) is 7.46. The standard InChI is InChI=1S/C15H23N3OS/c1-10(13-11(2)18-19-12(13)3)17-14-16-8-15(9-20-14)6-4-5-7-15/h10H,4-9H2,1-3H3,(H,16,17). The van der Waals surface area contributed by atoms with Crippen LogP contribution in [0.1, 0.15) is 55.7 Å². The Kier molecular flexibility index (Phi) is 3.80. The van der Waals surface area contributed by atoms with Crippen molar-refractivity contribution in [2.24, 2.45) is 10.4 Å². The highest BCUT2D eigenvalue weighted by atomic mass is 32.2. The van der Waals surface area contributed by atoms with Crippen LogP contribution in [0.15, 0.2) is 9.52 Å². The van der Waals surface area contributed by atoms with E-state index in [1.807, 2.05) is 25.6 Å². The van der Waals surface area contributed by atoms with Crippen LogP contribution in [0, 0.1) is 19.3 Å². The van der Waals surface area contributed by atoms with E-state index in [1.165, 1.54) is 31.4 Å². The zero-order valence-electron chi connectivity index (χ0n) is 12.5. The van der Waals surface area contributed by atoms with Crippen molar-refractivity contribution in [3.63, 3.8) is 0 Å². The summed E-state index contributed by atoms with van der Waals surface area (Å²) < 4.78 is 5.25. The molecular formula is C15H23N3OS. The van der Waals surface area contributed by atoms with Gasteiger partial charge in [0.05, 0.1) is 11.7 Å². The Balaban J connectivity index is 1.65. The van der Waals surface area contributed by atoms with Gasteiger partial charge < -0.3 is 9.84 Å².